The highest BCUT2D eigenvalue weighted by Gasteiger charge is 2.27. The third kappa shape index (κ3) is 4.50. The van der Waals surface area contributed by atoms with Crippen LogP contribution in [0.25, 0.3) is 0 Å². The number of hydrogen-bond donors (Lipinski definition) is 2. The minimum absolute atomic E-state index is 0.0148. The smallest absolute Gasteiger partial charge is 0.240 e. The first-order chi connectivity index (χ1) is 9.82. The van der Waals surface area contributed by atoms with Gasteiger partial charge in [0.1, 0.15) is 9.84 Å². The Balaban J connectivity index is 2.05. The number of benzene rings is 1. The summed E-state index contributed by atoms with van der Waals surface area (Å²) < 4.78 is 49.7. The number of rotatable bonds is 5. The third-order valence-corrected chi connectivity index (χ3v) is 6.76. The van der Waals surface area contributed by atoms with Crippen LogP contribution in [0.4, 0.5) is 0 Å². The highest BCUT2D eigenvalue weighted by molar-refractivity contribution is 7.91. The number of aliphatic hydroxyl groups is 1. The maximum absolute atomic E-state index is 12.2. The Morgan fingerprint density at radius 3 is 2.24 bits per heavy atom. The molecule has 0 aromatic heterocycles. The number of aliphatic hydroxyl groups excluding tert-OH is 1. The minimum Gasteiger partial charge on any atom is -0.396 e. The lowest BCUT2D eigenvalue weighted by atomic mass is 10.2. The van der Waals surface area contributed by atoms with E-state index in [2.05, 4.69) is 4.72 Å². The first-order valence-electron chi connectivity index (χ1n) is 6.75. The van der Waals surface area contributed by atoms with E-state index >= 15 is 0 Å². The molecule has 1 fully saturated rings. The van der Waals surface area contributed by atoms with E-state index in [9.17, 15) is 16.8 Å². The summed E-state index contributed by atoms with van der Waals surface area (Å²) in [5, 5.41) is 8.83. The zero-order valence-electron chi connectivity index (χ0n) is 11.5. The van der Waals surface area contributed by atoms with E-state index in [-0.39, 0.29) is 29.0 Å². The van der Waals surface area contributed by atoms with Crippen LogP contribution in [0.15, 0.2) is 29.2 Å². The molecule has 8 heteroatoms. The van der Waals surface area contributed by atoms with Crippen molar-refractivity contribution in [3.05, 3.63) is 29.8 Å². The van der Waals surface area contributed by atoms with Crippen LogP contribution in [-0.2, 0) is 26.3 Å². The molecule has 118 valence electrons. The van der Waals surface area contributed by atoms with Crippen LogP contribution >= 0.6 is 0 Å². The molecule has 1 aliphatic heterocycles. The predicted molar refractivity (Wildman–Crippen MR) is 79.2 cm³/mol. The Bertz CT molecular complexity index is 666. The number of hydrogen-bond acceptors (Lipinski definition) is 5. The van der Waals surface area contributed by atoms with Gasteiger partial charge in [0.25, 0.3) is 0 Å². The Kier molecular flexibility index (Phi) is 5.03. The fourth-order valence-electron chi connectivity index (χ4n) is 2.26. The lowest BCUT2D eigenvalue weighted by Gasteiger charge is -2.22. The molecule has 1 aromatic rings. The average Bonchev–Trinajstić information content (AvgIpc) is 2.42. The van der Waals surface area contributed by atoms with Crippen molar-refractivity contribution in [1.82, 2.24) is 4.72 Å². The molecule has 0 aliphatic carbocycles. The standard InChI is InChI=1S/C13H19NO5S2/c15-8-5-11-1-3-13(4-2-11)21(18,19)14-12-6-9-20(16,17)10-7-12/h1-4,12,14-15H,5-10H2. The lowest BCUT2D eigenvalue weighted by Crippen LogP contribution is -2.40. The van der Waals surface area contributed by atoms with E-state index in [1.54, 1.807) is 12.1 Å². The summed E-state index contributed by atoms with van der Waals surface area (Å²) in [6.45, 7) is 0.0148. The van der Waals surface area contributed by atoms with Crippen molar-refractivity contribution < 1.29 is 21.9 Å². The van der Waals surface area contributed by atoms with Crippen molar-refractivity contribution in [2.45, 2.75) is 30.2 Å². The fourth-order valence-corrected chi connectivity index (χ4v) is 5.06. The van der Waals surface area contributed by atoms with Gasteiger partial charge in [-0.15, -0.1) is 0 Å². The summed E-state index contributed by atoms with van der Waals surface area (Å²) >= 11 is 0. The highest BCUT2D eigenvalue weighted by atomic mass is 32.2. The van der Waals surface area contributed by atoms with Crippen molar-refractivity contribution in [2.75, 3.05) is 18.1 Å². The van der Waals surface area contributed by atoms with E-state index in [4.69, 9.17) is 5.11 Å². The van der Waals surface area contributed by atoms with Crippen molar-refractivity contribution in [3.63, 3.8) is 0 Å². The number of sulfonamides is 1. The zero-order valence-corrected chi connectivity index (χ0v) is 13.2. The van der Waals surface area contributed by atoms with Crippen molar-refractivity contribution in [3.8, 4) is 0 Å². The average molecular weight is 333 g/mol. The third-order valence-electron chi connectivity index (χ3n) is 3.51. The molecule has 0 atom stereocenters. The molecule has 1 aromatic carbocycles. The second-order valence-electron chi connectivity index (χ2n) is 5.16. The van der Waals surface area contributed by atoms with Gasteiger partial charge in [-0.05, 0) is 37.0 Å². The molecule has 2 N–H and O–H groups in total. The van der Waals surface area contributed by atoms with Crippen LogP contribution in [0.5, 0.6) is 0 Å². The molecule has 0 saturated carbocycles. The van der Waals surface area contributed by atoms with Crippen LogP contribution in [0.2, 0.25) is 0 Å². The second-order valence-corrected chi connectivity index (χ2v) is 9.18. The molecule has 0 amide bonds. The van der Waals surface area contributed by atoms with Crippen molar-refractivity contribution >= 4 is 19.9 Å². The fraction of sp³-hybridized carbons (Fsp3) is 0.538. The molecule has 21 heavy (non-hydrogen) atoms. The first kappa shape index (κ1) is 16.4. The summed E-state index contributed by atoms with van der Waals surface area (Å²) in [7, 11) is -6.64. The Hall–Kier alpha value is -0.960. The van der Waals surface area contributed by atoms with Gasteiger partial charge in [-0.2, -0.15) is 0 Å². The van der Waals surface area contributed by atoms with E-state index in [0.29, 0.717) is 19.3 Å². The summed E-state index contributed by atoms with van der Waals surface area (Å²) in [6.07, 6.45) is 1.10. The summed E-state index contributed by atoms with van der Waals surface area (Å²) in [6, 6.07) is 5.97. The normalized spacial score (nSPS) is 19.5. The summed E-state index contributed by atoms with van der Waals surface area (Å²) in [5.41, 5.74) is 0.861. The van der Waals surface area contributed by atoms with Crippen LogP contribution in [0.3, 0.4) is 0 Å². The lowest BCUT2D eigenvalue weighted by molar-refractivity contribution is 0.299. The molecule has 0 radical (unpaired) electrons. The minimum atomic E-state index is -3.64. The highest BCUT2D eigenvalue weighted by Crippen LogP contribution is 2.16. The van der Waals surface area contributed by atoms with E-state index < -0.39 is 19.9 Å². The number of sulfone groups is 1. The molecule has 0 spiro atoms. The molecule has 0 bridgehead atoms. The summed E-state index contributed by atoms with van der Waals surface area (Å²) in [4.78, 5) is 0.151. The molecular formula is C13H19NO5S2. The van der Waals surface area contributed by atoms with Crippen molar-refractivity contribution in [2.24, 2.45) is 0 Å². The van der Waals surface area contributed by atoms with Gasteiger partial charge in [-0.25, -0.2) is 21.6 Å². The van der Waals surface area contributed by atoms with Crippen LogP contribution in [0, 0.1) is 0 Å². The van der Waals surface area contributed by atoms with Gasteiger partial charge in [0.05, 0.1) is 16.4 Å². The van der Waals surface area contributed by atoms with Crippen LogP contribution in [0.1, 0.15) is 18.4 Å². The Morgan fingerprint density at radius 1 is 1.14 bits per heavy atom. The van der Waals surface area contributed by atoms with Gasteiger partial charge in [-0.1, -0.05) is 12.1 Å². The van der Waals surface area contributed by atoms with Gasteiger partial charge < -0.3 is 5.11 Å². The number of nitrogens with one attached hydrogen (secondary N) is 1. The van der Waals surface area contributed by atoms with Crippen LogP contribution < -0.4 is 4.72 Å². The molecule has 1 aliphatic rings. The van der Waals surface area contributed by atoms with Crippen LogP contribution in [-0.4, -0.2) is 46.1 Å². The van der Waals surface area contributed by atoms with E-state index in [1.165, 1.54) is 12.1 Å². The molecule has 1 heterocycles. The zero-order chi connectivity index (χ0) is 15.5. The van der Waals surface area contributed by atoms with E-state index in [0.717, 1.165) is 5.56 Å². The van der Waals surface area contributed by atoms with Gasteiger partial charge in [-0.3, -0.25) is 0 Å². The van der Waals surface area contributed by atoms with Gasteiger partial charge in [0.15, 0.2) is 0 Å². The largest absolute Gasteiger partial charge is 0.396 e. The monoisotopic (exact) mass is 333 g/mol. The molecular weight excluding hydrogens is 314 g/mol. The quantitative estimate of drug-likeness (QED) is 0.794. The van der Waals surface area contributed by atoms with Gasteiger partial charge in [0.2, 0.25) is 10.0 Å². The Labute approximate surface area is 125 Å². The van der Waals surface area contributed by atoms with E-state index in [1.807, 2.05) is 0 Å². The SMILES string of the molecule is O=S1(=O)CCC(NS(=O)(=O)c2ccc(CCO)cc2)CC1. The van der Waals surface area contributed by atoms with Gasteiger partial charge in [0, 0.05) is 12.6 Å². The first-order valence-corrected chi connectivity index (χ1v) is 10.1. The maximum Gasteiger partial charge on any atom is 0.240 e. The molecule has 1 saturated heterocycles. The topological polar surface area (TPSA) is 101 Å². The summed E-state index contributed by atoms with van der Waals surface area (Å²) in [5.74, 6) is 0.0469. The molecule has 6 nitrogen and oxygen atoms in total. The molecule has 0 unspecified atom stereocenters. The van der Waals surface area contributed by atoms with Gasteiger partial charge >= 0.3 is 0 Å². The molecule has 2 rings (SSSR count). The predicted octanol–water partition coefficient (Wildman–Crippen LogP) is 0.0769. The van der Waals surface area contributed by atoms with Crippen molar-refractivity contribution in [1.29, 1.82) is 0 Å². The maximum atomic E-state index is 12.2. The Morgan fingerprint density at radius 2 is 1.71 bits per heavy atom. The second kappa shape index (κ2) is 6.43.